The number of aromatic nitrogens is 1. The van der Waals surface area contributed by atoms with Gasteiger partial charge in [0.2, 0.25) is 0 Å². The molecule has 0 saturated heterocycles. The van der Waals surface area contributed by atoms with Crippen LogP contribution in [-0.4, -0.2) is 19.1 Å². The van der Waals surface area contributed by atoms with E-state index in [4.69, 9.17) is 0 Å². The van der Waals surface area contributed by atoms with Gasteiger partial charge in [0.1, 0.15) is 0 Å². The summed E-state index contributed by atoms with van der Waals surface area (Å²) in [6, 6.07) is 14.2. The Morgan fingerprint density at radius 3 is 1.71 bits per heavy atom. The van der Waals surface area contributed by atoms with Crippen molar-refractivity contribution in [2.75, 3.05) is 19.0 Å². The molecule has 1 heterocycles. The van der Waals surface area contributed by atoms with Crippen molar-refractivity contribution in [3.8, 4) is 0 Å². The molecule has 0 spiro atoms. The predicted octanol–water partition coefficient (Wildman–Crippen LogP) is 3.56. The number of hydrogen-bond acceptors (Lipinski definition) is 2. The van der Waals surface area contributed by atoms with Crippen molar-refractivity contribution in [2.45, 2.75) is 6.92 Å². The minimum absolute atomic E-state index is 0. The molecule has 0 aliphatic carbocycles. The van der Waals surface area contributed by atoms with E-state index in [-0.39, 0.29) is 12.4 Å². The average molecular weight is 251 g/mol. The first-order valence-electron chi connectivity index (χ1n) is 5.29. The minimum atomic E-state index is 0. The molecule has 2 aromatic rings. The van der Waals surface area contributed by atoms with Crippen LogP contribution < -0.4 is 4.90 Å². The Morgan fingerprint density at radius 1 is 0.882 bits per heavy atom. The fourth-order valence-electron chi connectivity index (χ4n) is 1.18. The summed E-state index contributed by atoms with van der Waals surface area (Å²) in [6.45, 7) is 2.08. The fraction of sp³-hybridized carbons (Fsp3) is 0.214. The molecule has 0 radical (unpaired) electrons. The van der Waals surface area contributed by atoms with Gasteiger partial charge in [0, 0.05) is 32.2 Å². The maximum absolute atomic E-state index is 3.90. The largest absolute Gasteiger partial charge is 0.378 e. The molecule has 2 nitrogen and oxygen atoms in total. The normalized spacial score (nSPS) is 8.41. The van der Waals surface area contributed by atoms with Crippen LogP contribution in [0.2, 0.25) is 0 Å². The first-order valence-corrected chi connectivity index (χ1v) is 5.29. The molecule has 0 fully saturated rings. The van der Waals surface area contributed by atoms with Gasteiger partial charge in [0.15, 0.2) is 0 Å². The molecule has 0 amide bonds. The molecule has 0 atom stereocenters. The lowest BCUT2D eigenvalue weighted by atomic mass is 10.2. The molecule has 2 rings (SSSR count). The summed E-state index contributed by atoms with van der Waals surface area (Å²) in [4.78, 5) is 5.94. The molecule has 0 saturated carbocycles. The van der Waals surface area contributed by atoms with Crippen molar-refractivity contribution in [3.05, 3.63) is 60.4 Å². The SMILES string of the molecule is CN(C)c1ccncc1.Cc1ccccc1.Cl. The van der Waals surface area contributed by atoms with Gasteiger partial charge in [-0.05, 0) is 19.1 Å². The third-order valence-corrected chi connectivity index (χ3v) is 2.12. The van der Waals surface area contributed by atoms with Crippen LogP contribution in [-0.2, 0) is 0 Å². The summed E-state index contributed by atoms with van der Waals surface area (Å²) >= 11 is 0. The van der Waals surface area contributed by atoms with E-state index in [1.165, 1.54) is 11.3 Å². The number of pyridine rings is 1. The number of anilines is 1. The summed E-state index contributed by atoms with van der Waals surface area (Å²) < 4.78 is 0. The third kappa shape index (κ3) is 6.59. The maximum atomic E-state index is 3.90. The second-order valence-corrected chi connectivity index (χ2v) is 3.75. The van der Waals surface area contributed by atoms with E-state index in [2.05, 4.69) is 24.0 Å². The number of hydrogen-bond donors (Lipinski definition) is 0. The van der Waals surface area contributed by atoms with Crippen molar-refractivity contribution in [3.63, 3.8) is 0 Å². The third-order valence-electron chi connectivity index (χ3n) is 2.12. The summed E-state index contributed by atoms with van der Waals surface area (Å²) in [5.74, 6) is 0. The first kappa shape index (κ1) is 15.5. The van der Waals surface area contributed by atoms with E-state index >= 15 is 0 Å². The number of aryl methyl sites for hydroxylation is 1. The Labute approximate surface area is 110 Å². The Kier molecular flexibility index (Phi) is 7.82. The van der Waals surface area contributed by atoms with Crippen LogP contribution >= 0.6 is 12.4 Å². The average Bonchev–Trinajstić information content (AvgIpc) is 2.32. The minimum Gasteiger partial charge on any atom is -0.378 e. The molecule has 0 unspecified atom stereocenters. The van der Waals surface area contributed by atoms with E-state index in [1.807, 2.05) is 49.3 Å². The quantitative estimate of drug-likeness (QED) is 0.769. The lowest BCUT2D eigenvalue weighted by Crippen LogP contribution is -2.07. The zero-order valence-corrected chi connectivity index (χ0v) is 11.3. The smallest absolute Gasteiger partial charge is 0.0391 e. The highest BCUT2D eigenvalue weighted by Gasteiger charge is 1.88. The fourth-order valence-corrected chi connectivity index (χ4v) is 1.18. The monoisotopic (exact) mass is 250 g/mol. The molecule has 1 aromatic heterocycles. The second-order valence-electron chi connectivity index (χ2n) is 3.75. The van der Waals surface area contributed by atoms with Gasteiger partial charge in [-0.25, -0.2) is 0 Å². The van der Waals surface area contributed by atoms with E-state index < -0.39 is 0 Å². The highest BCUT2D eigenvalue weighted by Crippen LogP contribution is 2.05. The van der Waals surface area contributed by atoms with Crippen LogP contribution in [0.1, 0.15) is 5.56 Å². The second kappa shape index (κ2) is 8.59. The molecular formula is C14H19ClN2. The van der Waals surface area contributed by atoms with Gasteiger partial charge in [-0.3, -0.25) is 4.98 Å². The van der Waals surface area contributed by atoms with Crippen LogP contribution in [0.5, 0.6) is 0 Å². The Hall–Kier alpha value is -1.54. The van der Waals surface area contributed by atoms with Gasteiger partial charge in [-0.2, -0.15) is 0 Å². The predicted molar refractivity (Wildman–Crippen MR) is 77.0 cm³/mol. The van der Waals surface area contributed by atoms with E-state index in [0.29, 0.717) is 0 Å². The molecule has 3 heteroatoms. The van der Waals surface area contributed by atoms with Crippen LogP contribution in [0.25, 0.3) is 0 Å². The first-order chi connectivity index (χ1) is 7.70. The van der Waals surface area contributed by atoms with E-state index in [1.54, 1.807) is 12.4 Å². The van der Waals surface area contributed by atoms with Crippen molar-refractivity contribution in [2.24, 2.45) is 0 Å². The van der Waals surface area contributed by atoms with Crippen molar-refractivity contribution in [1.82, 2.24) is 4.98 Å². The lowest BCUT2D eigenvalue weighted by molar-refractivity contribution is 1.12. The van der Waals surface area contributed by atoms with Crippen LogP contribution in [0.15, 0.2) is 54.9 Å². The van der Waals surface area contributed by atoms with Crippen molar-refractivity contribution in [1.29, 1.82) is 0 Å². The summed E-state index contributed by atoms with van der Waals surface area (Å²) in [5.41, 5.74) is 2.51. The van der Waals surface area contributed by atoms with Gasteiger partial charge >= 0.3 is 0 Å². The van der Waals surface area contributed by atoms with Gasteiger partial charge in [-0.15, -0.1) is 12.4 Å². The van der Waals surface area contributed by atoms with E-state index in [9.17, 15) is 0 Å². The highest BCUT2D eigenvalue weighted by molar-refractivity contribution is 5.85. The molecule has 0 aliphatic rings. The Balaban J connectivity index is 0.000000292. The van der Waals surface area contributed by atoms with Gasteiger partial charge in [-0.1, -0.05) is 35.9 Å². The van der Waals surface area contributed by atoms with Crippen molar-refractivity contribution >= 4 is 18.1 Å². The number of rotatable bonds is 1. The summed E-state index contributed by atoms with van der Waals surface area (Å²) in [7, 11) is 4.02. The molecule has 17 heavy (non-hydrogen) atoms. The Morgan fingerprint density at radius 2 is 1.41 bits per heavy atom. The van der Waals surface area contributed by atoms with Gasteiger partial charge in [0.05, 0.1) is 0 Å². The van der Waals surface area contributed by atoms with E-state index in [0.717, 1.165) is 0 Å². The zero-order valence-electron chi connectivity index (χ0n) is 10.5. The summed E-state index contributed by atoms with van der Waals surface area (Å²) in [5, 5.41) is 0. The van der Waals surface area contributed by atoms with Crippen LogP contribution in [0.4, 0.5) is 5.69 Å². The highest BCUT2D eigenvalue weighted by atomic mass is 35.5. The standard InChI is InChI=1S/C7H10N2.C7H8.ClH/c1-9(2)7-3-5-8-6-4-7;1-7-5-3-2-4-6-7;/h3-6H,1-2H3;2-6H,1H3;1H. The molecule has 0 N–H and O–H groups in total. The van der Waals surface area contributed by atoms with Gasteiger partial charge in [0.25, 0.3) is 0 Å². The van der Waals surface area contributed by atoms with Crippen LogP contribution in [0, 0.1) is 6.92 Å². The molecule has 1 aromatic carbocycles. The lowest BCUT2D eigenvalue weighted by Gasteiger charge is -2.10. The number of halogens is 1. The number of nitrogens with zero attached hydrogens (tertiary/aromatic N) is 2. The summed E-state index contributed by atoms with van der Waals surface area (Å²) in [6.07, 6.45) is 3.57. The molecule has 0 bridgehead atoms. The number of benzene rings is 1. The zero-order chi connectivity index (χ0) is 11.8. The Bertz CT molecular complexity index is 387. The maximum Gasteiger partial charge on any atom is 0.0391 e. The van der Waals surface area contributed by atoms with Crippen molar-refractivity contribution < 1.29 is 0 Å². The van der Waals surface area contributed by atoms with Crippen LogP contribution in [0.3, 0.4) is 0 Å². The molecule has 92 valence electrons. The van der Waals surface area contributed by atoms with Gasteiger partial charge < -0.3 is 4.90 Å². The molecule has 0 aliphatic heterocycles. The molecular weight excluding hydrogens is 232 g/mol. The topological polar surface area (TPSA) is 16.1 Å².